The van der Waals surface area contributed by atoms with Crippen LogP contribution in [0.2, 0.25) is 0 Å². The summed E-state index contributed by atoms with van der Waals surface area (Å²) in [7, 11) is 0. The van der Waals surface area contributed by atoms with Crippen molar-refractivity contribution in [1.82, 2.24) is 4.98 Å². The van der Waals surface area contributed by atoms with E-state index in [1.165, 1.54) is 6.42 Å². The Bertz CT molecular complexity index is 303. The molecule has 14 heavy (non-hydrogen) atoms. The number of hydrogen-bond donors (Lipinski definition) is 1. The molecule has 0 spiro atoms. The van der Waals surface area contributed by atoms with Crippen LogP contribution in [0.1, 0.15) is 19.3 Å². The Balaban J connectivity index is 2.06. The minimum Gasteiger partial charge on any atom is -0.363 e. The third-order valence-corrected chi connectivity index (χ3v) is 3.67. The lowest BCUT2D eigenvalue weighted by Gasteiger charge is -2.41. The van der Waals surface area contributed by atoms with Crippen molar-refractivity contribution < 1.29 is 0 Å². The van der Waals surface area contributed by atoms with E-state index in [1.54, 1.807) is 6.20 Å². The average molecular weight is 276 g/mol. The van der Waals surface area contributed by atoms with E-state index in [9.17, 15) is 0 Å². The molecule has 1 heterocycles. The standard InChI is InChI=1S/C10H12BrClN2/c11-8-2-3-9(13-6-8)14-10(7-12)4-1-5-10/h2-3,6H,1,4-5,7H2,(H,13,14). The third-order valence-electron chi connectivity index (χ3n) is 2.69. The summed E-state index contributed by atoms with van der Waals surface area (Å²) in [5.41, 5.74) is 0.0996. The number of hydrogen-bond acceptors (Lipinski definition) is 2. The molecule has 1 saturated carbocycles. The molecule has 0 bridgehead atoms. The Kier molecular flexibility index (Phi) is 2.98. The largest absolute Gasteiger partial charge is 0.363 e. The van der Waals surface area contributed by atoms with E-state index in [4.69, 9.17) is 11.6 Å². The Morgan fingerprint density at radius 1 is 1.50 bits per heavy atom. The van der Waals surface area contributed by atoms with Crippen molar-refractivity contribution in [2.75, 3.05) is 11.2 Å². The molecular formula is C10H12BrClN2. The zero-order valence-corrected chi connectivity index (χ0v) is 10.1. The van der Waals surface area contributed by atoms with Gasteiger partial charge in [0.05, 0.1) is 5.54 Å². The first-order valence-electron chi connectivity index (χ1n) is 4.70. The maximum atomic E-state index is 5.94. The molecule has 1 aromatic rings. The predicted molar refractivity (Wildman–Crippen MR) is 62.9 cm³/mol. The molecule has 1 N–H and O–H groups in total. The Hall–Kier alpha value is -0.280. The summed E-state index contributed by atoms with van der Waals surface area (Å²) in [4.78, 5) is 4.28. The highest BCUT2D eigenvalue weighted by molar-refractivity contribution is 9.10. The number of anilines is 1. The van der Waals surface area contributed by atoms with Crippen LogP contribution in [0.5, 0.6) is 0 Å². The number of aromatic nitrogens is 1. The van der Waals surface area contributed by atoms with Gasteiger partial charge in [-0.3, -0.25) is 0 Å². The van der Waals surface area contributed by atoms with Crippen molar-refractivity contribution >= 4 is 33.3 Å². The first-order valence-corrected chi connectivity index (χ1v) is 6.03. The van der Waals surface area contributed by atoms with E-state index in [2.05, 4.69) is 26.2 Å². The number of alkyl halides is 1. The third kappa shape index (κ3) is 2.04. The lowest BCUT2D eigenvalue weighted by molar-refractivity contribution is 0.310. The van der Waals surface area contributed by atoms with Crippen LogP contribution in [0.25, 0.3) is 0 Å². The summed E-state index contributed by atoms with van der Waals surface area (Å²) in [6.07, 6.45) is 5.35. The topological polar surface area (TPSA) is 24.9 Å². The van der Waals surface area contributed by atoms with E-state index in [0.29, 0.717) is 5.88 Å². The molecule has 0 unspecified atom stereocenters. The molecule has 1 aliphatic carbocycles. The summed E-state index contributed by atoms with van der Waals surface area (Å²) >= 11 is 9.30. The molecule has 0 saturated heterocycles. The molecule has 1 aliphatic rings. The molecule has 1 fully saturated rings. The van der Waals surface area contributed by atoms with Crippen molar-refractivity contribution in [2.24, 2.45) is 0 Å². The molecule has 2 nitrogen and oxygen atoms in total. The van der Waals surface area contributed by atoms with Crippen molar-refractivity contribution in [3.8, 4) is 0 Å². The molecular weight excluding hydrogens is 263 g/mol. The molecule has 1 aromatic heterocycles. The van der Waals surface area contributed by atoms with Crippen LogP contribution >= 0.6 is 27.5 Å². The van der Waals surface area contributed by atoms with Gasteiger partial charge in [-0.2, -0.15) is 0 Å². The maximum Gasteiger partial charge on any atom is 0.126 e. The number of rotatable bonds is 3. The van der Waals surface area contributed by atoms with Gasteiger partial charge in [-0.1, -0.05) is 0 Å². The van der Waals surface area contributed by atoms with Gasteiger partial charge in [-0.25, -0.2) is 4.98 Å². The highest BCUT2D eigenvalue weighted by Crippen LogP contribution is 2.35. The Morgan fingerprint density at radius 3 is 2.71 bits per heavy atom. The van der Waals surface area contributed by atoms with Gasteiger partial charge < -0.3 is 5.32 Å². The van der Waals surface area contributed by atoms with E-state index < -0.39 is 0 Å². The summed E-state index contributed by atoms with van der Waals surface area (Å²) < 4.78 is 0.997. The molecule has 0 aromatic carbocycles. The van der Waals surface area contributed by atoms with Crippen molar-refractivity contribution in [1.29, 1.82) is 0 Å². The van der Waals surface area contributed by atoms with Gasteiger partial charge in [0.15, 0.2) is 0 Å². The number of nitrogens with one attached hydrogen (secondary N) is 1. The maximum absolute atomic E-state index is 5.94. The van der Waals surface area contributed by atoms with Gasteiger partial charge in [-0.05, 0) is 47.3 Å². The van der Waals surface area contributed by atoms with Gasteiger partial charge in [0.1, 0.15) is 5.82 Å². The molecule has 76 valence electrons. The Morgan fingerprint density at radius 2 is 2.29 bits per heavy atom. The molecule has 2 rings (SSSR count). The number of nitrogens with zero attached hydrogens (tertiary/aromatic N) is 1. The lowest BCUT2D eigenvalue weighted by atomic mass is 9.78. The smallest absolute Gasteiger partial charge is 0.126 e. The summed E-state index contributed by atoms with van der Waals surface area (Å²) in [5.74, 6) is 1.57. The normalized spacial score (nSPS) is 18.7. The minimum atomic E-state index is 0.0996. The van der Waals surface area contributed by atoms with Crippen molar-refractivity contribution in [2.45, 2.75) is 24.8 Å². The van der Waals surface area contributed by atoms with Crippen LogP contribution in [0.4, 0.5) is 5.82 Å². The fourth-order valence-corrected chi connectivity index (χ4v) is 2.19. The summed E-state index contributed by atoms with van der Waals surface area (Å²) in [6.45, 7) is 0. The predicted octanol–water partition coefficient (Wildman–Crippen LogP) is 3.42. The molecule has 0 amide bonds. The zero-order chi connectivity index (χ0) is 10.0. The van der Waals surface area contributed by atoms with Gasteiger partial charge in [0.2, 0.25) is 0 Å². The van der Waals surface area contributed by atoms with Crippen LogP contribution in [0.15, 0.2) is 22.8 Å². The van der Waals surface area contributed by atoms with E-state index in [0.717, 1.165) is 23.1 Å². The highest BCUT2D eigenvalue weighted by Gasteiger charge is 2.36. The Labute approximate surface area is 97.2 Å². The fraction of sp³-hybridized carbons (Fsp3) is 0.500. The first kappa shape index (κ1) is 10.2. The number of pyridine rings is 1. The average Bonchev–Trinajstić information content (AvgIpc) is 2.15. The molecule has 4 heteroatoms. The van der Waals surface area contributed by atoms with Crippen LogP contribution in [-0.4, -0.2) is 16.4 Å². The fourth-order valence-electron chi connectivity index (χ4n) is 1.62. The summed E-state index contributed by atoms with van der Waals surface area (Å²) in [5, 5.41) is 3.40. The monoisotopic (exact) mass is 274 g/mol. The minimum absolute atomic E-state index is 0.0996. The zero-order valence-electron chi connectivity index (χ0n) is 7.76. The van der Waals surface area contributed by atoms with Gasteiger partial charge in [0.25, 0.3) is 0 Å². The molecule has 0 radical (unpaired) electrons. The SMILES string of the molecule is ClCC1(Nc2ccc(Br)cn2)CCC1. The van der Waals surface area contributed by atoms with E-state index in [1.807, 2.05) is 12.1 Å². The van der Waals surface area contributed by atoms with Gasteiger partial charge in [-0.15, -0.1) is 11.6 Å². The quantitative estimate of drug-likeness (QED) is 0.855. The van der Waals surface area contributed by atoms with Crippen molar-refractivity contribution in [3.63, 3.8) is 0 Å². The van der Waals surface area contributed by atoms with E-state index >= 15 is 0 Å². The van der Waals surface area contributed by atoms with Gasteiger partial charge >= 0.3 is 0 Å². The van der Waals surface area contributed by atoms with Gasteiger partial charge in [0, 0.05) is 16.5 Å². The second-order valence-electron chi connectivity index (χ2n) is 3.75. The lowest BCUT2D eigenvalue weighted by Crippen LogP contribution is -2.47. The van der Waals surface area contributed by atoms with Crippen LogP contribution in [0.3, 0.4) is 0 Å². The molecule has 0 aliphatic heterocycles. The van der Waals surface area contributed by atoms with E-state index in [-0.39, 0.29) is 5.54 Å². The first-order chi connectivity index (χ1) is 6.74. The second-order valence-corrected chi connectivity index (χ2v) is 4.94. The number of halogens is 2. The van der Waals surface area contributed by atoms with Crippen LogP contribution < -0.4 is 5.32 Å². The molecule has 0 atom stereocenters. The highest BCUT2D eigenvalue weighted by atomic mass is 79.9. The second kappa shape index (κ2) is 4.07. The summed E-state index contributed by atoms with van der Waals surface area (Å²) in [6, 6.07) is 3.95. The van der Waals surface area contributed by atoms with Crippen LogP contribution in [0, 0.1) is 0 Å². The van der Waals surface area contributed by atoms with Crippen molar-refractivity contribution in [3.05, 3.63) is 22.8 Å². The van der Waals surface area contributed by atoms with Crippen LogP contribution in [-0.2, 0) is 0 Å².